The molecule has 0 saturated carbocycles. The third kappa shape index (κ3) is 3.41. The van der Waals surface area contributed by atoms with Gasteiger partial charge < -0.3 is 15.4 Å². The van der Waals surface area contributed by atoms with Crippen LogP contribution in [0.25, 0.3) is 0 Å². The molecule has 82 valence electrons. The quantitative estimate of drug-likeness (QED) is 0.650. The van der Waals surface area contributed by atoms with Crippen LogP contribution in [0.5, 0.6) is 0 Å². The number of nitrogens with zero attached hydrogens (tertiary/aromatic N) is 1. The Morgan fingerprint density at radius 2 is 2.47 bits per heavy atom. The van der Waals surface area contributed by atoms with Crippen LogP contribution < -0.4 is 10.9 Å². The van der Waals surface area contributed by atoms with Gasteiger partial charge in [0.1, 0.15) is 5.82 Å². The van der Waals surface area contributed by atoms with Gasteiger partial charge in [-0.25, -0.2) is 4.98 Å². The molecule has 0 spiro atoms. The molecule has 0 aromatic carbocycles. The molecule has 0 bridgehead atoms. The number of aliphatic carboxylic acids is 1. The van der Waals surface area contributed by atoms with Crippen molar-refractivity contribution in [3.05, 3.63) is 22.7 Å². The van der Waals surface area contributed by atoms with Crippen LogP contribution in [-0.2, 0) is 4.79 Å². The number of carboxylic acids is 1. The van der Waals surface area contributed by atoms with Crippen molar-refractivity contribution in [1.82, 2.24) is 9.97 Å². The van der Waals surface area contributed by atoms with Crippen molar-refractivity contribution in [3.8, 4) is 0 Å². The molecule has 0 fully saturated rings. The van der Waals surface area contributed by atoms with Gasteiger partial charge in [0.15, 0.2) is 0 Å². The van der Waals surface area contributed by atoms with Gasteiger partial charge in [-0.05, 0) is 6.42 Å². The van der Waals surface area contributed by atoms with Crippen molar-refractivity contribution in [1.29, 1.82) is 0 Å². The second kappa shape index (κ2) is 5.14. The molecule has 0 aliphatic rings. The molecule has 15 heavy (non-hydrogen) atoms. The SMILES string of the molecule is CCC(CNc1cc(=O)[nH]cn1)C(=O)O. The van der Waals surface area contributed by atoms with Crippen molar-refractivity contribution in [2.45, 2.75) is 13.3 Å². The maximum absolute atomic E-state index is 10.9. The third-order valence-electron chi connectivity index (χ3n) is 2.05. The fraction of sp³-hybridized carbons (Fsp3) is 0.444. The minimum Gasteiger partial charge on any atom is -0.481 e. The maximum Gasteiger partial charge on any atom is 0.308 e. The summed E-state index contributed by atoms with van der Waals surface area (Å²) in [6.45, 7) is 2.06. The van der Waals surface area contributed by atoms with E-state index in [0.717, 1.165) is 0 Å². The Kier molecular flexibility index (Phi) is 3.84. The summed E-state index contributed by atoms with van der Waals surface area (Å²) in [5.74, 6) is -0.931. The molecule has 0 aliphatic heterocycles. The lowest BCUT2D eigenvalue weighted by atomic mass is 10.1. The van der Waals surface area contributed by atoms with E-state index < -0.39 is 11.9 Å². The van der Waals surface area contributed by atoms with Crippen molar-refractivity contribution in [2.75, 3.05) is 11.9 Å². The molecule has 6 heteroatoms. The van der Waals surface area contributed by atoms with Crippen LogP contribution in [0.3, 0.4) is 0 Å². The molecule has 1 rings (SSSR count). The minimum absolute atomic E-state index is 0.266. The Bertz CT molecular complexity index is 388. The highest BCUT2D eigenvalue weighted by Crippen LogP contribution is 2.04. The van der Waals surface area contributed by atoms with Crippen molar-refractivity contribution in [2.24, 2.45) is 5.92 Å². The lowest BCUT2D eigenvalue weighted by Crippen LogP contribution is -2.23. The van der Waals surface area contributed by atoms with E-state index in [2.05, 4.69) is 15.3 Å². The van der Waals surface area contributed by atoms with Crippen LogP contribution in [0.1, 0.15) is 13.3 Å². The number of carboxylic acid groups (broad SMARTS) is 1. The highest BCUT2D eigenvalue weighted by atomic mass is 16.4. The second-order valence-electron chi connectivity index (χ2n) is 3.12. The largest absolute Gasteiger partial charge is 0.481 e. The third-order valence-corrected chi connectivity index (χ3v) is 2.05. The van der Waals surface area contributed by atoms with Gasteiger partial charge in [0.2, 0.25) is 0 Å². The number of hydrogen-bond acceptors (Lipinski definition) is 4. The predicted molar refractivity (Wildman–Crippen MR) is 54.8 cm³/mol. The fourth-order valence-electron chi connectivity index (χ4n) is 1.10. The van der Waals surface area contributed by atoms with Crippen LogP contribution >= 0.6 is 0 Å². The maximum atomic E-state index is 10.9. The second-order valence-corrected chi connectivity index (χ2v) is 3.12. The van der Waals surface area contributed by atoms with E-state index in [-0.39, 0.29) is 12.1 Å². The van der Waals surface area contributed by atoms with Crippen LogP contribution in [0, 0.1) is 5.92 Å². The van der Waals surface area contributed by atoms with Gasteiger partial charge in [-0.2, -0.15) is 0 Å². The fourth-order valence-corrected chi connectivity index (χ4v) is 1.10. The Labute approximate surface area is 86.4 Å². The molecule has 1 unspecified atom stereocenters. The Hall–Kier alpha value is -1.85. The minimum atomic E-state index is -0.852. The van der Waals surface area contributed by atoms with Gasteiger partial charge in [0.05, 0.1) is 12.2 Å². The first kappa shape index (κ1) is 11.2. The smallest absolute Gasteiger partial charge is 0.308 e. The summed E-state index contributed by atoms with van der Waals surface area (Å²) in [6, 6.07) is 1.29. The summed E-state index contributed by atoms with van der Waals surface area (Å²) in [4.78, 5) is 27.8. The summed E-state index contributed by atoms with van der Waals surface area (Å²) in [5, 5.41) is 11.6. The van der Waals surface area contributed by atoms with Gasteiger partial charge in [-0.15, -0.1) is 0 Å². The lowest BCUT2D eigenvalue weighted by molar-refractivity contribution is -0.141. The molecule has 0 radical (unpaired) electrons. The van der Waals surface area contributed by atoms with Crippen LogP contribution in [0.2, 0.25) is 0 Å². The molecule has 1 aromatic heterocycles. The molecule has 1 atom stereocenters. The van der Waals surface area contributed by atoms with Crippen LogP contribution in [0.4, 0.5) is 5.82 Å². The molecule has 3 N–H and O–H groups in total. The zero-order valence-electron chi connectivity index (χ0n) is 8.36. The van der Waals surface area contributed by atoms with Gasteiger partial charge in [0, 0.05) is 12.6 Å². The summed E-state index contributed by atoms with van der Waals surface area (Å²) < 4.78 is 0. The average Bonchev–Trinajstić information content (AvgIpc) is 2.18. The number of carbonyl (C=O) groups is 1. The van der Waals surface area contributed by atoms with E-state index in [4.69, 9.17) is 5.11 Å². The first-order chi connectivity index (χ1) is 7.13. The van der Waals surface area contributed by atoms with Gasteiger partial charge in [-0.1, -0.05) is 6.92 Å². The lowest BCUT2D eigenvalue weighted by Gasteiger charge is -2.10. The number of aromatic amines is 1. The number of hydrogen-bond donors (Lipinski definition) is 3. The van der Waals surface area contributed by atoms with Crippen molar-refractivity contribution >= 4 is 11.8 Å². The number of nitrogens with one attached hydrogen (secondary N) is 2. The number of aromatic nitrogens is 2. The van der Waals surface area contributed by atoms with Gasteiger partial charge >= 0.3 is 5.97 Å². The first-order valence-corrected chi connectivity index (χ1v) is 4.65. The van der Waals surface area contributed by atoms with Gasteiger partial charge in [-0.3, -0.25) is 9.59 Å². The monoisotopic (exact) mass is 211 g/mol. The highest BCUT2D eigenvalue weighted by molar-refractivity contribution is 5.70. The van der Waals surface area contributed by atoms with E-state index in [9.17, 15) is 9.59 Å². The molecular formula is C9H13N3O3. The van der Waals surface area contributed by atoms with E-state index in [1.54, 1.807) is 6.92 Å². The highest BCUT2D eigenvalue weighted by Gasteiger charge is 2.14. The normalized spacial score (nSPS) is 12.1. The van der Waals surface area contributed by atoms with E-state index in [1.165, 1.54) is 12.4 Å². The predicted octanol–water partition coefficient (Wildman–Crippen LogP) is 0.293. The molecule has 6 nitrogen and oxygen atoms in total. The summed E-state index contributed by atoms with van der Waals surface area (Å²) in [5.41, 5.74) is -0.268. The van der Waals surface area contributed by atoms with E-state index in [1.807, 2.05) is 0 Å². The Morgan fingerprint density at radius 1 is 1.73 bits per heavy atom. The average molecular weight is 211 g/mol. The molecule has 0 saturated heterocycles. The summed E-state index contributed by atoms with van der Waals surface area (Å²) in [7, 11) is 0. The standard InChI is InChI=1S/C9H13N3O3/c1-2-6(9(14)15)4-10-7-3-8(13)12-5-11-7/h3,5-6H,2,4H2,1H3,(H,14,15)(H2,10,11,12,13). The van der Waals surface area contributed by atoms with Crippen molar-refractivity contribution < 1.29 is 9.90 Å². The van der Waals surface area contributed by atoms with Crippen LogP contribution in [-0.4, -0.2) is 27.6 Å². The molecular weight excluding hydrogens is 198 g/mol. The van der Waals surface area contributed by atoms with Gasteiger partial charge in [0.25, 0.3) is 5.56 Å². The topological polar surface area (TPSA) is 95.1 Å². The Balaban J connectivity index is 2.56. The molecule has 0 aliphatic carbocycles. The van der Waals surface area contributed by atoms with Crippen molar-refractivity contribution in [3.63, 3.8) is 0 Å². The Morgan fingerprint density at radius 3 is 3.00 bits per heavy atom. The molecule has 1 aromatic rings. The number of rotatable bonds is 5. The molecule has 1 heterocycles. The zero-order chi connectivity index (χ0) is 11.3. The first-order valence-electron chi connectivity index (χ1n) is 4.65. The molecule has 0 amide bonds. The van der Waals surface area contributed by atoms with Crippen LogP contribution in [0.15, 0.2) is 17.2 Å². The van der Waals surface area contributed by atoms with E-state index in [0.29, 0.717) is 12.2 Å². The number of H-pyrrole nitrogens is 1. The summed E-state index contributed by atoms with van der Waals surface area (Å²) >= 11 is 0. The number of anilines is 1. The summed E-state index contributed by atoms with van der Waals surface area (Å²) in [6.07, 6.45) is 1.80. The van der Waals surface area contributed by atoms with E-state index >= 15 is 0 Å². The zero-order valence-corrected chi connectivity index (χ0v) is 8.36.